The van der Waals surface area contributed by atoms with Gasteiger partial charge in [-0.2, -0.15) is 0 Å². The first kappa shape index (κ1) is 21.1. The van der Waals surface area contributed by atoms with Crippen molar-refractivity contribution in [1.29, 1.82) is 0 Å². The van der Waals surface area contributed by atoms with Crippen LogP contribution in [0.2, 0.25) is 5.02 Å². The van der Waals surface area contributed by atoms with E-state index in [0.29, 0.717) is 27.7 Å². The molecule has 31 heavy (non-hydrogen) atoms. The van der Waals surface area contributed by atoms with Crippen molar-refractivity contribution >= 4 is 45.7 Å². The molecule has 4 rings (SSSR count). The first-order valence-electron chi connectivity index (χ1n) is 9.92. The topological polar surface area (TPSA) is 79.4 Å². The standard InChI is InChI=1S/C23H22ClN5O2/c1-3-16-8-18-13-25-23(28-22(18)21(24)11-16)27-20-10-17(9-19(12-20)26-15(2)30)14-29-4-6-31-7-5-29/h1,8-13H,4-7,14H2,2H3,(H,26,30)(H,25,27,28). The highest BCUT2D eigenvalue weighted by Gasteiger charge is 2.13. The van der Waals surface area contributed by atoms with Gasteiger partial charge in [0.05, 0.1) is 23.8 Å². The minimum absolute atomic E-state index is 0.132. The van der Waals surface area contributed by atoms with Crippen molar-refractivity contribution < 1.29 is 9.53 Å². The van der Waals surface area contributed by atoms with E-state index >= 15 is 0 Å². The summed E-state index contributed by atoms with van der Waals surface area (Å²) in [6, 6.07) is 9.38. The van der Waals surface area contributed by atoms with Crippen molar-refractivity contribution in [2.24, 2.45) is 0 Å². The van der Waals surface area contributed by atoms with Gasteiger partial charge >= 0.3 is 0 Å². The fraction of sp³-hybridized carbons (Fsp3) is 0.261. The number of hydrogen-bond donors (Lipinski definition) is 2. The van der Waals surface area contributed by atoms with E-state index < -0.39 is 0 Å². The Labute approximate surface area is 185 Å². The molecule has 1 fully saturated rings. The van der Waals surface area contributed by atoms with E-state index in [2.05, 4.69) is 31.4 Å². The summed E-state index contributed by atoms with van der Waals surface area (Å²) in [6.07, 6.45) is 7.15. The lowest BCUT2D eigenvalue weighted by atomic mass is 10.1. The smallest absolute Gasteiger partial charge is 0.227 e. The van der Waals surface area contributed by atoms with E-state index in [4.69, 9.17) is 22.8 Å². The second-order valence-electron chi connectivity index (χ2n) is 7.35. The van der Waals surface area contributed by atoms with E-state index in [0.717, 1.165) is 49.5 Å². The number of amides is 1. The highest BCUT2D eigenvalue weighted by Crippen LogP contribution is 2.27. The van der Waals surface area contributed by atoms with Gasteiger partial charge in [-0.3, -0.25) is 9.69 Å². The van der Waals surface area contributed by atoms with Crippen molar-refractivity contribution in [3.8, 4) is 12.3 Å². The van der Waals surface area contributed by atoms with Gasteiger partial charge in [-0.05, 0) is 35.9 Å². The molecule has 0 bridgehead atoms. The monoisotopic (exact) mass is 435 g/mol. The Morgan fingerprint density at radius 1 is 1.23 bits per heavy atom. The minimum atomic E-state index is -0.132. The Kier molecular flexibility index (Phi) is 6.33. The quantitative estimate of drug-likeness (QED) is 0.593. The van der Waals surface area contributed by atoms with Gasteiger partial charge in [-0.1, -0.05) is 17.5 Å². The molecule has 2 aromatic carbocycles. The molecule has 1 aliphatic heterocycles. The van der Waals surface area contributed by atoms with E-state index in [9.17, 15) is 4.79 Å². The van der Waals surface area contributed by atoms with Gasteiger partial charge in [-0.25, -0.2) is 9.97 Å². The Balaban J connectivity index is 1.63. The third-order valence-electron chi connectivity index (χ3n) is 4.88. The lowest BCUT2D eigenvalue weighted by Gasteiger charge is -2.27. The van der Waals surface area contributed by atoms with Gasteiger partial charge < -0.3 is 15.4 Å². The SMILES string of the molecule is C#Cc1cc(Cl)c2nc(Nc3cc(CN4CCOCC4)cc(NC(C)=O)c3)ncc2c1. The van der Waals surface area contributed by atoms with Gasteiger partial charge in [0.1, 0.15) is 0 Å². The summed E-state index contributed by atoms with van der Waals surface area (Å²) in [4.78, 5) is 22.9. The maximum absolute atomic E-state index is 11.6. The number of carbonyl (C=O) groups excluding carboxylic acids is 1. The number of aromatic nitrogens is 2. The number of nitrogens with one attached hydrogen (secondary N) is 2. The molecule has 0 unspecified atom stereocenters. The van der Waals surface area contributed by atoms with Crippen molar-refractivity contribution in [1.82, 2.24) is 14.9 Å². The molecule has 1 amide bonds. The van der Waals surface area contributed by atoms with Crippen LogP contribution in [-0.2, 0) is 16.1 Å². The van der Waals surface area contributed by atoms with Crippen LogP contribution in [0.3, 0.4) is 0 Å². The third-order valence-corrected chi connectivity index (χ3v) is 5.17. The van der Waals surface area contributed by atoms with Crippen LogP contribution < -0.4 is 10.6 Å². The van der Waals surface area contributed by atoms with Crippen LogP contribution in [0.4, 0.5) is 17.3 Å². The number of benzene rings is 2. The van der Waals surface area contributed by atoms with E-state index in [1.807, 2.05) is 24.3 Å². The third kappa shape index (κ3) is 5.30. The number of ether oxygens (including phenoxy) is 1. The lowest BCUT2D eigenvalue weighted by molar-refractivity contribution is -0.114. The molecule has 0 radical (unpaired) electrons. The fourth-order valence-electron chi connectivity index (χ4n) is 3.52. The molecular weight excluding hydrogens is 414 g/mol. The number of anilines is 3. The first-order valence-corrected chi connectivity index (χ1v) is 10.3. The largest absolute Gasteiger partial charge is 0.379 e. The average Bonchev–Trinajstić information content (AvgIpc) is 2.74. The molecule has 2 N–H and O–H groups in total. The van der Waals surface area contributed by atoms with E-state index in [1.54, 1.807) is 12.3 Å². The van der Waals surface area contributed by atoms with Crippen molar-refractivity contribution in [2.75, 3.05) is 36.9 Å². The number of terminal acetylenes is 1. The predicted octanol–water partition coefficient (Wildman–Crippen LogP) is 3.80. The molecule has 158 valence electrons. The number of morpholine rings is 1. The molecule has 0 saturated carbocycles. The zero-order valence-corrected chi connectivity index (χ0v) is 17.9. The van der Waals surface area contributed by atoms with Crippen LogP contribution in [0.15, 0.2) is 36.5 Å². The normalized spacial score (nSPS) is 14.2. The van der Waals surface area contributed by atoms with Crippen molar-refractivity contribution in [3.05, 3.63) is 52.7 Å². The molecule has 0 spiro atoms. The zero-order valence-electron chi connectivity index (χ0n) is 17.1. The molecule has 2 heterocycles. The number of carbonyl (C=O) groups is 1. The molecule has 7 nitrogen and oxygen atoms in total. The number of hydrogen-bond acceptors (Lipinski definition) is 6. The maximum atomic E-state index is 11.6. The maximum Gasteiger partial charge on any atom is 0.227 e. The second-order valence-corrected chi connectivity index (χ2v) is 7.75. The summed E-state index contributed by atoms with van der Waals surface area (Å²) in [5.74, 6) is 2.84. The number of halogens is 1. The molecular formula is C23H22ClN5O2. The van der Waals surface area contributed by atoms with Crippen molar-refractivity contribution in [3.63, 3.8) is 0 Å². The summed E-state index contributed by atoms with van der Waals surface area (Å²) in [7, 11) is 0. The molecule has 0 aliphatic carbocycles. The molecule has 1 aliphatic rings. The van der Waals surface area contributed by atoms with Crippen LogP contribution in [0, 0.1) is 12.3 Å². The second kappa shape index (κ2) is 9.31. The van der Waals surface area contributed by atoms with Gasteiger partial charge in [0, 0.05) is 55.1 Å². The summed E-state index contributed by atoms with van der Waals surface area (Å²) < 4.78 is 5.43. The van der Waals surface area contributed by atoms with Gasteiger partial charge in [0.2, 0.25) is 11.9 Å². The van der Waals surface area contributed by atoms with Crippen molar-refractivity contribution in [2.45, 2.75) is 13.5 Å². The van der Waals surface area contributed by atoms with Crippen LogP contribution >= 0.6 is 11.6 Å². The summed E-state index contributed by atoms with van der Waals surface area (Å²) in [6.45, 7) is 5.44. The van der Waals surface area contributed by atoms with E-state index in [-0.39, 0.29) is 5.91 Å². The molecule has 1 aromatic heterocycles. The Hall–Kier alpha value is -3.18. The number of rotatable bonds is 5. The van der Waals surface area contributed by atoms with Crippen LogP contribution in [-0.4, -0.2) is 47.1 Å². The van der Waals surface area contributed by atoms with Crippen LogP contribution in [0.5, 0.6) is 0 Å². The van der Waals surface area contributed by atoms with E-state index in [1.165, 1.54) is 6.92 Å². The number of nitrogens with zero attached hydrogens (tertiary/aromatic N) is 3. The molecule has 0 atom stereocenters. The van der Waals surface area contributed by atoms with Gasteiger partial charge in [-0.15, -0.1) is 6.42 Å². The first-order chi connectivity index (χ1) is 15.0. The van der Waals surface area contributed by atoms with Crippen LogP contribution in [0.25, 0.3) is 10.9 Å². The summed E-state index contributed by atoms with van der Waals surface area (Å²) in [5, 5.41) is 7.32. The minimum Gasteiger partial charge on any atom is -0.379 e. The molecule has 3 aromatic rings. The highest BCUT2D eigenvalue weighted by molar-refractivity contribution is 6.35. The fourth-order valence-corrected chi connectivity index (χ4v) is 3.79. The summed E-state index contributed by atoms with van der Waals surface area (Å²) >= 11 is 6.36. The predicted molar refractivity (Wildman–Crippen MR) is 123 cm³/mol. The number of fused-ring (bicyclic) bond motifs is 1. The Morgan fingerprint density at radius 3 is 2.74 bits per heavy atom. The Bertz CT molecular complexity index is 1170. The molecule has 1 saturated heterocycles. The van der Waals surface area contributed by atoms with Gasteiger partial charge in [0.15, 0.2) is 0 Å². The van der Waals surface area contributed by atoms with Crippen LogP contribution in [0.1, 0.15) is 18.1 Å². The average molecular weight is 436 g/mol. The molecule has 8 heteroatoms. The lowest BCUT2D eigenvalue weighted by Crippen LogP contribution is -2.35. The highest BCUT2D eigenvalue weighted by atomic mass is 35.5. The summed E-state index contributed by atoms with van der Waals surface area (Å²) in [5.41, 5.74) is 3.83. The van der Waals surface area contributed by atoms with Gasteiger partial charge in [0.25, 0.3) is 0 Å². The zero-order chi connectivity index (χ0) is 21.8. The Morgan fingerprint density at radius 2 is 2.00 bits per heavy atom.